The lowest BCUT2D eigenvalue weighted by Crippen LogP contribution is -2.14. The van der Waals surface area contributed by atoms with Gasteiger partial charge in [0.05, 0.1) is 12.6 Å². The summed E-state index contributed by atoms with van der Waals surface area (Å²) in [6, 6.07) is 7.71. The van der Waals surface area contributed by atoms with E-state index in [0.717, 1.165) is 11.3 Å². The average molecular weight is 186 g/mol. The molecule has 0 aliphatic heterocycles. The van der Waals surface area contributed by atoms with E-state index in [9.17, 15) is 0 Å². The van der Waals surface area contributed by atoms with E-state index in [0.29, 0.717) is 6.42 Å². The molecule has 0 heterocycles. The molecule has 3 heteroatoms. The molecule has 1 aromatic rings. The molecular weight excluding hydrogens is 174 g/mol. The Morgan fingerprint density at radius 1 is 1.42 bits per heavy atom. The number of nitrogens with two attached hydrogens (primary N) is 1. The Balaban J connectivity index is 2.65. The molecule has 0 fully saturated rings. The topological polar surface area (TPSA) is 35.2 Å². The zero-order valence-electron chi connectivity index (χ0n) is 6.96. The number of benzene rings is 1. The van der Waals surface area contributed by atoms with Crippen LogP contribution in [0.2, 0.25) is 0 Å². The van der Waals surface area contributed by atoms with Gasteiger partial charge in [0.25, 0.3) is 0 Å². The molecule has 0 radical (unpaired) electrons. The van der Waals surface area contributed by atoms with Crippen LogP contribution in [0, 0.1) is 0 Å². The SMILES string of the molecule is COc1ccc(CC(N)Cl)cc1. The Hall–Kier alpha value is -0.730. The molecule has 66 valence electrons. The van der Waals surface area contributed by atoms with E-state index in [4.69, 9.17) is 22.1 Å². The van der Waals surface area contributed by atoms with Gasteiger partial charge in [-0.2, -0.15) is 0 Å². The van der Waals surface area contributed by atoms with Gasteiger partial charge in [-0.05, 0) is 17.7 Å². The second-order valence-corrected chi connectivity index (χ2v) is 3.13. The quantitative estimate of drug-likeness (QED) is 0.576. The lowest BCUT2D eigenvalue weighted by atomic mass is 10.1. The largest absolute Gasteiger partial charge is 0.497 e. The Morgan fingerprint density at radius 2 is 2.00 bits per heavy atom. The van der Waals surface area contributed by atoms with Crippen LogP contribution in [0.5, 0.6) is 5.75 Å². The predicted molar refractivity (Wildman–Crippen MR) is 50.5 cm³/mol. The zero-order valence-corrected chi connectivity index (χ0v) is 7.71. The van der Waals surface area contributed by atoms with Crippen LogP contribution in [0.3, 0.4) is 0 Å². The minimum Gasteiger partial charge on any atom is -0.497 e. The molecule has 0 aliphatic carbocycles. The standard InChI is InChI=1S/C9H12ClNO/c1-12-8-4-2-7(3-5-8)6-9(10)11/h2-5,9H,6,11H2,1H3. The fourth-order valence-electron chi connectivity index (χ4n) is 0.987. The summed E-state index contributed by atoms with van der Waals surface area (Å²) in [6.07, 6.45) is 0.686. The molecule has 12 heavy (non-hydrogen) atoms. The van der Waals surface area contributed by atoms with E-state index in [2.05, 4.69) is 0 Å². The van der Waals surface area contributed by atoms with Gasteiger partial charge < -0.3 is 10.5 Å². The van der Waals surface area contributed by atoms with Crippen LogP contribution in [-0.2, 0) is 6.42 Å². The number of hydrogen-bond donors (Lipinski definition) is 1. The van der Waals surface area contributed by atoms with E-state index in [1.165, 1.54) is 0 Å². The highest BCUT2D eigenvalue weighted by molar-refractivity contribution is 6.20. The molecule has 0 aliphatic rings. The van der Waals surface area contributed by atoms with Crippen LogP contribution in [-0.4, -0.2) is 12.6 Å². The number of hydrogen-bond acceptors (Lipinski definition) is 2. The molecule has 1 atom stereocenters. The molecule has 1 aromatic carbocycles. The van der Waals surface area contributed by atoms with Crippen LogP contribution in [0.15, 0.2) is 24.3 Å². The molecule has 0 saturated heterocycles. The summed E-state index contributed by atoms with van der Waals surface area (Å²) in [5, 5.41) is 0. The summed E-state index contributed by atoms with van der Waals surface area (Å²) in [5.41, 5.74) is 6.25. The first-order valence-electron chi connectivity index (χ1n) is 3.75. The fraction of sp³-hybridized carbons (Fsp3) is 0.333. The smallest absolute Gasteiger partial charge is 0.118 e. The molecule has 0 spiro atoms. The third kappa shape index (κ3) is 2.72. The minimum absolute atomic E-state index is 0.307. The minimum atomic E-state index is -0.307. The maximum atomic E-state index is 5.63. The number of methoxy groups -OCH3 is 1. The van der Waals surface area contributed by atoms with Crippen molar-refractivity contribution in [3.63, 3.8) is 0 Å². The van der Waals surface area contributed by atoms with Crippen molar-refractivity contribution in [2.24, 2.45) is 5.73 Å². The van der Waals surface area contributed by atoms with E-state index in [-0.39, 0.29) is 5.50 Å². The highest BCUT2D eigenvalue weighted by Gasteiger charge is 1.98. The summed E-state index contributed by atoms with van der Waals surface area (Å²) in [5.74, 6) is 0.849. The van der Waals surface area contributed by atoms with Crippen molar-refractivity contribution in [1.82, 2.24) is 0 Å². The average Bonchev–Trinajstić information content (AvgIpc) is 2.05. The van der Waals surface area contributed by atoms with Crippen LogP contribution in [0.25, 0.3) is 0 Å². The third-order valence-corrected chi connectivity index (χ3v) is 1.74. The molecule has 1 rings (SSSR count). The van der Waals surface area contributed by atoms with Gasteiger partial charge in [-0.15, -0.1) is 11.6 Å². The van der Waals surface area contributed by atoms with E-state index in [1.54, 1.807) is 7.11 Å². The Kier molecular flexibility index (Phi) is 3.38. The van der Waals surface area contributed by atoms with Gasteiger partial charge >= 0.3 is 0 Å². The van der Waals surface area contributed by atoms with E-state index >= 15 is 0 Å². The number of ether oxygens (including phenoxy) is 1. The molecule has 2 nitrogen and oxygen atoms in total. The van der Waals surface area contributed by atoms with Gasteiger partial charge in [-0.25, -0.2) is 0 Å². The first-order valence-corrected chi connectivity index (χ1v) is 4.18. The Morgan fingerprint density at radius 3 is 2.42 bits per heavy atom. The van der Waals surface area contributed by atoms with Crippen molar-refractivity contribution in [1.29, 1.82) is 0 Å². The number of halogens is 1. The van der Waals surface area contributed by atoms with Gasteiger partial charge in [0.15, 0.2) is 0 Å². The normalized spacial score (nSPS) is 12.6. The first kappa shape index (κ1) is 9.36. The number of alkyl halides is 1. The van der Waals surface area contributed by atoms with Crippen LogP contribution in [0.4, 0.5) is 0 Å². The van der Waals surface area contributed by atoms with Crippen molar-refractivity contribution < 1.29 is 4.74 Å². The van der Waals surface area contributed by atoms with Gasteiger partial charge in [0.1, 0.15) is 5.75 Å². The summed E-state index contributed by atoms with van der Waals surface area (Å²) in [7, 11) is 1.64. The summed E-state index contributed by atoms with van der Waals surface area (Å²) >= 11 is 5.63. The maximum absolute atomic E-state index is 5.63. The van der Waals surface area contributed by atoms with Crippen LogP contribution < -0.4 is 10.5 Å². The second-order valence-electron chi connectivity index (χ2n) is 2.57. The van der Waals surface area contributed by atoms with Crippen molar-refractivity contribution in [2.75, 3.05) is 7.11 Å². The maximum Gasteiger partial charge on any atom is 0.118 e. The third-order valence-electron chi connectivity index (χ3n) is 1.59. The van der Waals surface area contributed by atoms with Crippen molar-refractivity contribution in [3.05, 3.63) is 29.8 Å². The van der Waals surface area contributed by atoms with Gasteiger partial charge in [0.2, 0.25) is 0 Å². The first-order chi connectivity index (χ1) is 5.72. The van der Waals surface area contributed by atoms with Gasteiger partial charge in [-0.3, -0.25) is 0 Å². The molecule has 0 amide bonds. The van der Waals surface area contributed by atoms with E-state index in [1.807, 2.05) is 24.3 Å². The Labute approximate surface area is 77.3 Å². The van der Waals surface area contributed by atoms with Crippen LogP contribution >= 0.6 is 11.6 Å². The second kappa shape index (κ2) is 4.33. The van der Waals surface area contributed by atoms with Gasteiger partial charge in [-0.1, -0.05) is 12.1 Å². The predicted octanol–water partition coefficient (Wildman–Crippen LogP) is 1.76. The molecule has 1 unspecified atom stereocenters. The van der Waals surface area contributed by atoms with Crippen LogP contribution in [0.1, 0.15) is 5.56 Å². The molecule has 0 bridgehead atoms. The highest BCUT2D eigenvalue weighted by atomic mass is 35.5. The monoisotopic (exact) mass is 185 g/mol. The zero-order chi connectivity index (χ0) is 8.97. The van der Waals surface area contributed by atoms with Crippen molar-refractivity contribution in [3.8, 4) is 5.75 Å². The fourth-order valence-corrected chi connectivity index (χ4v) is 1.16. The molecule has 2 N–H and O–H groups in total. The molecule has 0 aromatic heterocycles. The van der Waals surface area contributed by atoms with Crippen molar-refractivity contribution >= 4 is 11.6 Å². The van der Waals surface area contributed by atoms with E-state index < -0.39 is 0 Å². The number of rotatable bonds is 3. The molecular formula is C9H12ClNO. The highest BCUT2D eigenvalue weighted by Crippen LogP contribution is 2.12. The lowest BCUT2D eigenvalue weighted by Gasteiger charge is -2.04. The summed E-state index contributed by atoms with van der Waals surface area (Å²) in [6.45, 7) is 0. The lowest BCUT2D eigenvalue weighted by molar-refractivity contribution is 0.414. The molecule has 0 saturated carbocycles. The summed E-state index contributed by atoms with van der Waals surface area (Å²) < 4.78 is 5.01. The van der Waals surface area contributed by atoms with Crippen molar-refractivity contribution in [2.45, 2.75) is 11.9 Å². The Bertz CT molecular complexity index is 233. The summed E-state index contributed by atoms with van der Waals surface area (Å²) in [4.78, 5) is 0. The van der Waals surface area contributed by atoms with Gasteiger partial charge in [0, 0.05) is 6.42 Å².